The van der Waals surface area contributed by atoms with Crippen LogP contribution in [-0.4, -0.2) is 66.2 Å². The Morgan fingerprint density at radius 2 is 1.91 bits per heavy atom. The summed E-state index contributed by atoms with van der Waals surface area (Å²) in [5.41, 5.74) is 2.28. The Balaban J connectivity index is 1.81. The van der Waals surface area contributed by atoms with Gasteiger partial charge in [-0.05, 0) is 19.1 Å². The van der Waals surface area contributed by atoms with E-state index in [2.05, 4.69) is 10.2 Å². The molecule has 0 saturated carbocycles. The zero-order valence-electron chi connectivity index (χ0n) is 12.5. The number of hydrogen-bond acceptors (Lipinski definition) is 4. The summed E-state index contributed by atoms with van der Waals surface area (Å²) in [6.45, 7) is 3.38. The smallest absolute Gasteiger partial charge is 0.275 e. The van der Waals surface area contributed by atoms with E-state index in [-0.39, 0.29) is 5.91 Å². The van der Waals surface area contributed by atoms with E-state index in [1.54, 1.807) is 4.90 Å². The molecule has 22 heavy (non-hydrogen) atoms. The number of H-pyrrole nitrogens is 1. The van der Waals surface area contributed by atoms with Crippen molar-refractivity contribution in [1.82, 2.24) is 19.4 Å². The molecule has 0 bridgehead atoms. The maximum absolute atomic E-state index is 12.6. The first kappa shape index (κ1) is 15.0. The number of carbonyl (C=O) groups is 1. The highest BCUT2D eigenvalue weighted by molar-refractivity contribution is 7.88. The Morgan fingerprint density at radius 1 is 1.23 bits per heavy atom. The van der Waals surface area contributed by atoms with Gasteiger partial charge in [-0.15, -0.1) is 0 Å². The molecule has 0 atom stereocenters. The van der Waals surface area contributed by atoms with Crippen molar-refractivity contribution in [1.29, 1.82) is 0 Å². The summed E-state index contributed by atoms with van der Waals surface area (Å²) in [4.78, 5) is 14.3. The van der Waals surface area contributed by atoms with Crippen LogP contribution in [0.25, 0.3) is 10.9 Å². The molecule has 0 spiro atoms. The Bertz CT molecular complexity index is 820. The molecule has 3 rings (SSSR count). The van der Waals surface area contributed by atoms with Crippen LogP contribution in [0.15, 0.2) is 18.2 Å². The first-order valence-corrected chi connectivity index (χ1v) is 8.90. The molecular weight excluding hydrogens is 304 g/mol. The number of rotatable bonds is 2. The highest BCUT2D eigenvalue weighted by Crippen LogP contribution is 2.19. The van der Waals surface area contributed by atoms with Crippen molar-refractivity contribution in [3.63, 3.8) is 0 Å². The summed E-state index contributed by atoms with van der Waals surface area (Å²) in [5, 5.41) is 7.80. The molecule has 1 saturated heterocycles. The van der Waals surface area contributed by atoms with E-state index in [9.17, 15) is 13.2 Å². The number of aryl methyl sites for hydroxylation is 1. The molecule has 8 heteroatoms. The summed E-state index contributed by atoms with van der Waals surface area (Å²) in [7, 11) is -3.20. The number of fused-ring (bicyclic) bond motifs is 1. The van der Waals surface area contributed by atoms with Crippen LogP contribution in [-0.2, 0) is 10.0 Å². The van der Waals surface area contributed by atoms with Gasteiger partial charge in [0.1, 0.15) is 0 Å². The van der Waals surface area contributed by atoms with E-state index in [1.165, 1.54) is 10.6 Å². The van der Waals surface area contributed by atoms with Crippen LogP contribution in [0.5, 0.6) is 0 Å². The van der Waals surface area contributed by atoms with Crippen LogP contribution in [0.3, 0.4) is 0 Å². The number of piperazine rings is 1. The Kier molecular flexibility index (Phi) is 3.65. The number of hydrogen-bond donors (Lipinski definition) is 1. The minimum absolute atomic E-state index is 0.162. The molecule has 7 nitrogen and oxygen atoms in total. The SMILES string of the molecule is Cc1ccc2[nH]nc(C(=O)N3CCN(S(C)(=O)=O)CC3)c2c1. The predicted octanol–water partition coefficient (Wildman–Crippen LogP) is 0.589. The fourth-order valence-corrected chi connectivity index (χ4v) is 3.49. The average Bonchev–Trinajstić information content (AvgIpc) is 2.88. The second-order valence-electron chi connectivity index (χ2n) is 5.58. The van der Waals surface area contributed by atoms with Crippen LogP contribution >= 0.6 is 0 Å². The molecule has 2 heterocycles. The van der Waals surface area contributed by atoms with Crippen molar-refractivity contribution in [3.05, 3.63) is 29.5 Å². The molecule has 2 aromatic rings. The number of amides is 1. The molecule has 1 fully saturated rings. The van der Waals surface area contributed by atoms with Crippen molar-refractivity contribution in [3.8, 4) is 0 Å². The summed E-state index contributed by atoms with van der Waals surface area (Å²) >= 11 is 0. The zero-order chi connectivity index (χ0) is 15.9. The number of aromatic nitrogens is 2. The van der Waals surface area contributed by atoms with Crippen LogP contribution in [0, 0.1) is 6.92 Å². The van der Waals surface area contributed by atoms with Crippen molar-refractivity contribution in [2.45, 2.75) is 6.92 Å². The predicted molar refractivity (Wildman–Crippen MR) is 83.2 cm³/mol. The van der Waals surface area contributed by atoms with Crippen molar-refractivity contribution >= 4 is 26.8 Å². The third-order valence-electron chi connectivity index (χ3n) is 3.92. The van der Waals surface area contributed by atoms with Crippen LogP contribution in [0.2, 0.25) is 0 Å². The van der Waals surface area contributed by atoms with Gasteiger partial charge in [0.05, 0.1) is 11.8 Å². The number of benzene rings is 1. The third kappa shape index (κ3) is 2.71. The molecular formula is C14H18N4O3S. The third-order valence-corrected chi connectivity index (χ3v) is 5.22. The lowest BCUT2D eigenvalue weighted by Gasteiger charge is -2.32. The standard InChI is InChI=1S/C14H18N4O3S/c1-10-3-4-12-11(9-10)13(16-15-12)14(19)17-5-7-18(8-6-17)22(2,20)21/h3-4,9H,5-8H2,1-2H3,(H,15,16). The number of aromatic amines is 1. The fourth-order valence-electron chi connectivity index (χ4n) is 2.66. The Hall–Kier alpha value is -1.93. The number of nitrogens with one attached hydrogen (secondary N) is 1. The van der Waals surface area contributed by atoms with Gasteiger partial charge in [-0.2, -0.15) is 9.40 Å². The Labute approximate surface area is 129 Å². The minimum atomic E-state index is -3.20. The largest absolute Gasteiger partial charge is 0.335 e. The van der Waals surface area contributed by atoms with E-state index >= 15 is 0 Å². The molecule has 118 valence electrons. The molecule has 0 aliphatic carbocycles. The maximum Gasteiger partial charge on any atom is 0.275 e. The second-order valence-corrected chi connectivity index (χ2v) is 7.56. The van der Waals surface area contributed by atoms with Crippen molar-refractivity contribution in [2.75, 3.05) is 32.4 Å². The van der Waals surface area contributed by atoms with Gasteiger partial charge in [-0.3, -0.25) is 9.89 Å². The number of carbonyl (C=O) groups excluding carboxylic acids is 1. The summed E-state index contributed by atoms with van der Waals surface area (Å²) in [5.74, 6) is -0.162. The van der Waals surface area contributed by atoms with E-state index in [1.807, 2.05) is 25.1 Å². The van der Waals surface area contributed by atoms with Crippen LogP contribution in [0.4, 0.5) is 0 Å². The monoisotopic (exact) mass is 322 g/mol. The lowest BCUT2D eigenvalue weighted by Crippen LogP contribution is -2.50. The molecule has 1 aromatic carbocycles. The summed E-state index contributed by atoms with van der Waals surface area (Å²) in [6.07, 6.45) is 1.19. The molecule has 0 unspecified atom stereocenters. The van der Waals surface area contributed by atoms with E-state index in [0.29, 0.717) is 31.9 Å². The lowest BCUT2D eigenvalue weighted by molar-refractivity contribution is 0.0694. The molecule has 1 aliphatic rings. The van der Waals surface area contributed by atoms with Gasteiger partial charge in [0.15, 0.2) is 5.69 Å². The fraction of sp³-hybridized carbons (Fsp3) is 0.429. The number of nitrogens with zero attached hydrogens (tertiary/aromatic N) is 3. The second kappa shape index (κ2) is 5.36. The zero-order valence-corrected chi connectivity index (χ0v) is 13.4. The maximum atomic E-state index is 12.6. The summed E-state index contributed by atoms with van der Waals surface area (Å²) < 4.78 is 24.4. The molecule has 1 amide bonds. The van der Waals surface area contributed by atoms with Gasteiger partial charge in [0, 0.05) is 31.6 Å². The lowest BCUT2D eigenvalue weighted by atomic mass is 10.1. The van der Waals surface area contributed by atoms with Gasteiger partial charge < -0.3 is 4.90 Å². The van der Waals surface area contributed by atoms with Crippen molar-refractivity contribution < 1.29 is 13.2 Å². The quantitative estimate of drug-likeness (QED) is 0.877. The topological polar surface area (TPSA) is 86.4 Å². The first-order valence-electron chi connectivity index (χ1n) is 7.05. The van der Waals surface area contributed by atoms with Gasteiger partial charge in [0.25, 0.3) is 5.91 Å². The first-order chi connectivity index (χ1) is 10.4. The van der Waals surface area contributed by atoms with E-state index in [4.69, 9.17) is 0 Å². The van der Waals surface area contributed by atoms with E-state index in [0.717, 1.165) is 16.5 Å². The molecule has 1 aromatic heterocycles. The van der Waals surface area contributed by atoms with Gasteiger partial charge in [-0.1, -0.05) is 11.6 Å². The molecule has 1 N–H and O–H groups in total. The average molecular weight is 322 g/mol. The van der Waals surface area contributed by atoms with Gasteiger partial charge in [0.2, 0.25) is 10.0 Å². The highest BCUT2D eigenvalue weighted by atomic mass is 32.2. The molecule has 0 radical (unpaired) electrons. The highest BCUT2D eigenvalue weighted by Gasteiger charge is 2.28. The summed E-state index contributed by atoms with van der Waals surface area (Å²) in [6, 6.07) is 5.79. The molecule has 1 aliphatic heterocycles. The minimum Gasteiger partial charge on any atom is -0.335 e. The van der Waals surface area contributed by atoms with Crippen molar-refractivity contribution in [2.24, 2.45) is 0 Å². The van der Waals surface area contributed by atoms with E-state index < -0.39 is 10.0 Å². The normalized spacial score (nSPS) is 17.1. The van der Waals surface area contributed by atoms with Crippen LogP contribution in [0.1, 0.15) is 16.1 Å². The Morgan fingerprint density at radius 3 is 2.55 bits per heavy atom. The van der Waals surface area contributed by atoms with Gasteiger partial charge >= 0.3 is 0 Å². The van der Waals surface area contributed by atoms with Gasteiger partial charge in [-0.25, -0.2) is 8.42 Å². The number of sulfonamides is 1. The van der Waals surface area contributed by atoms with Crippen LogP contribution < -0.4 is 0 Å².